The SMILES string of the molecule is Cc1cccc(C(C)CC=O)c1C. The summed E-state index contributed by atoms with van der Waals surface area (Å²) in [7, 11) is 0. The molecule has 0 amide bonds. The Morgan fingerprint density at radius 1 is 1.38 bits per heavy atom. The van der Waals surface area contributed by atoms with Gasteiger partial charge < -0.3 is 4.79 Å². The van der Waals surface area contributed by atoms with E-state index in [9.17, 15) is 4.79 Å². The molecule has 0 bridgehead atoms. The van der Waals surface area contributed by atoms with Gasteiger partial charge in [-0.05, 0) is 36.5 Å². The summed E-state index contributed by atoms with van der Waals surface area (Å²) in [6.45, 7) is 6.31. The highest BCUT2D eigenvalue weighted by molar-refractivity contribution is 5.52. The molecule has 1 unspecified atom stereocenters. The van der Waals surface area contributed by atoms with Crippen LogP contribution in [-0.4, -0.2) is 6.29 Å². The van der Waals surface area contributed by atoms with E-state index >= 15 is 0 Å². The molecule has 13 heavy (non-hydrogen) atoms. The zero-order chi connectivity index (χ0) is 9.84. The number of carbonyl (C=O) groups excluding carboxylic acids is 1. The molecule has 0 radical (unpaired) electrons. The van der Waals surface area contributed by atoms with E-state index in [1.54, 1.807) is 0 Å². The summed E-state index contributed by atoms with van der Waals surface area (Å²) >= 11 is 0. The van der Waals surface area contributed by atoms with E-state index < -0.39 is 0 Å². The first kappa shape index (κ1) is 9.97. The summed E-state index contributed by atoms with van der Waals surface area (Å²) < 4.78 is 0. The molecule has 0 fully saturated rings. The average Bonchev–Trinajstić information content (AvgIpc) is 2.10. The second-order valence-corrected chi connectivity index (χ2v) is 3.59. The Morgan fingerprint density at radius 3 is 2.69 bits per heavy atom. The van der Waals surface area contributed by atoms with Crippen molar-refractivity contribution < 1.29 is 4.79 Å². The first-order valence-electron chi connectivity index (χ1n) is 4.66. The third-order valence-electron chi connectivity index (χ3n) is 2.63. The van der Waals surface area contributed by atoms with Crippen molar-refractivity contribution in [2.45, 2.75) is 33.1 Å². The van der Waals surface area contributed by atoms with Crippen LogP contribution in [0.25, 0.3) is 0 Å². The Morgan fingerprint density at radius 2 is 2.08 bits per heavy atom. The summed E-state index contributed by atoms with van der Waals surface area (Å²) in [6.07, 6.45) is 1.61. The number of hydrogen-bond donors (Lipinski definition) is 0. The molecule has 0 saturated heterocycles. The smallest absolute Gasteiger partial charge is 0.120 e. The standard InChI is InChI=1S/C12H16O/c1-9-5-4-6-12(11(9)3)10(2)7-8-13/h4-6,8,10H,7H2,1-3H3. The summed E-state index contributed by atoms with van der Waals surface area (Å²) in [5.74, 6) is 0.345. The Balaban J connectivity index is 3.00. The van der Waals surface area contributed by atoms with Gasteiger partial charge >= 0.3 is 0 Å². The fourth-order valence-corrected chi connectivity index (χ4v) is 1.58. The molecule has 1 heteroatoms. The molecule has 0 aliphatic carbocycles. The lowest BCUT2D eigenvalue weighted by molar-refractivity contribution is -0.108. The first-order chi connectivity index (χ1) is 6.16. The van der Waals surface area contributed by atoms with Gasteiger partial charge in [0.2, 0.25) is 0 Å². The Hall–Kier alpha value is -1.11. The van der Waals surface area contributed by atoms with E-state index in [4.69, 9.17) is 0 Å². The highest BCUT2D eigenvalue weighted by Gasteiger charge is 2.08. The van der Waals surface area contributed by atoms with Crippen LogP contribution in [0.2, 0.25) is 0 Å². The van der Waals surface area contributed by atoms with Crippen LogP contribution >= 0.6 is 0 Å². The summed E-state index contributed by atoms with van der Waals surface area (Å²) in [6, 6.07) is 6.27. The average molecular weight is 176 g/mol. The molecule has 0 heterocycles. The van der Waals surface area contributed by atoms with Crippen LogP contribution in [0.4, 0.5) is 0 Å². The van der Waals surface area contributed by atoms with Crippen molar-refractivity contribution in [2.24, 2.45) is 0 Å². The Kier molecular flexibility index (Phi) is 3.24. The van der Waals surface area contributed by atoms with Gasteiger partial charge in [-0.25, -0.2) is 0 Å². The van der Waals surface area contributed by atoms with E-state index in [1.807, 2.05) is 0 Å². The summed E-state index contributed by atoms with van der Waals surface area (Å²) in [4.78, 5) is 10.4. The van der Waals surface area contributed by atoms with Crippen molar-refractivity contribution in [3.63, 3.8) is 0 Å². The maximum absolute atomic E-state index is 10.4. The van der Waals surface area contributed by atoms with Crippen molar-refractivity contribution in [2.75, 3.05) is 0 Å². The number of hydrogen-bond acceptors (Lipinski definition) is 1. The second-order valence-electron chi connectivity index (χ2n) is 3.59. The van der Waals surface area contributed by atoms with Gasteiger partial charge in [0.25, 0.3) is 0 Å². The van der Waals surface area contributed by atoms with Crippen LogP contribution in [0.15, 0.2) is 18.2 Å². The highest BCUT2D eigenvalue weighted by atomic mass is 16.1. The third-order valence-corrected chi connectivity index (χ3v) is 2.63. The maximum Gasteiger partial charge on any atom is 0.120 e. The fourth-order valence-electron chi connectivity index (χ4n) is 1.58. The van der Waals surface area contributed by atoms with Gasteiger partial charge in [0.1, 0.15) is 6.29 Å². The minimum atomic E-state index is 0.345. The van der Waals surface area contributed by atoms with Crippen molar-refractivity contribution in [1.82, 2.24) is 0 Å². The minimum absolute atomic E-state index is 0.345. The topological polar surface area (TPSA) is 17.1 Å². The van der Waals surface area contributed by atoms with Crippen LogP contribution in [0, 0.1) is 13.8 Å². The predicted octanol–water partition coefficient (Wildman–Crippen LogP) is 3.00. The summed E-state index contributed by atoms with van der Waals surface area (Å²) in [5, 5.41) is 0. The first-order valence-corrected chi connectivity index (χ1v) is 4.66. The molecule has 1 aromatic carbocycles. The minimum Gasteiger partial charge on any atom is -0.303 e. The van der Waals surface area contributed by atoms with E-state index in [-0.39, 0.29) is 0 Å². The van der Waals surface area contributed by atoms with Crippen LogP contribution in [0.1, 0.15) is 36.0 Å². The number of rotatable bonds is 3. The molecule has 0 saturated carbocycles. The van der Waals surface area contributed by atoms with Crippen molar-refractivity contribution >= 4 is 6.29 Å². The molecular weight excluding hydrogens is 160 g/mol. The molecule has 0 aromatic heterocycles. The molecule has 0 aliphatic rings. The maximum atomic E-state index is 10.4. The normalized spacial score (nSPS) is 12.5. The number of aryl methyl sites for hydroxylation is 1. The zero-order valence-corrected chi connectivity index (χ0v) is 8.50. The quantitative estimate of drug-likeness (QED) is 0.647. The van der Waals surface area contributed by atoms with Crippen LogP contribution in [0.3, 0.4) is 0 Å². The van der Waals surface area contributed by atoms with Crippen LogP contribution in [-0.2, 0) is 4.79 Å². The molecule has 1 aromatic rings. The second kappa shape index (κ2) is 4.22. The number of benzene rings is 1. The van der Waals surface area contributed by atoms with E-state index in [0.29, 0.717) is 12.3 Å². The Bertz CT molecular complexity index is 302. The van der Waals surface area contributed by atoms with E-state index in [2.05, 4.69) is 39.0 Å². The number of aldehydes is 1. The zero-order valence-electron chi connectivity index (χ0n) is 8.50. The molecule has 0 spiro atoms. The molecule has 1 nitrogen and oxygen atoms in total. The van der Waals surface area contributed by atoms with Crippen molar-refractivity contribution in [3.05, 3.63) is 34.9 Å². The van der Waals surface area contributed by atoms with Gasteiger partial charge in [-0.15, -0.1) is 0 Å². The van der Waals surface area contributed by atoms with Crippen LogP contribution in [0.5, 0.6) is 0 Å². The fraction of sp³-hybridized carbons (Fsp3) is 0.417. The third kappa shape index (κ3) is 2.18. The van der Waals surface area contributed by atoms with E-state index in [0.717, 1.165) is 6.29 Å². The van der Waals surface area contributed by atoms with Gasteiger partial charge in [0, 0.05) is 6.42 Å². The van der Waals surface area contributed by atoms with E-state index in [1.165, 1.54) is 16.7 Å². The van der Waals surface area contributed by atoms with Gasteiger partial charge in [0.05, 0.1) is 0 Å². The van der Waals surface area contributed by atoms with Crippen molar-refractivity contribution in [3.8, 4) is 0 Å². The van der Waals surface area contributed by atoms with Crippen LogP contribution < -0.4 is 0 Å². The van der Waals surface area contributed by atoms with Gasteiger partial charge in [0.15, 0.2) is 0 Å². The number of carbonyl (C=O) groups is 1. The van der Waals surface area contributed by atoms with Gasteiger partial charge in [-0.2, -0.15) is 0 Å². The lowest BCUT2D eigenvalue weighted by atomic mass is 9.92. The molecule has 0 aliphatic heterocycles. The molecular formula is C12H16O. The lowest BCUT2D eigenvalue weighted by Crippen LogP contribution is -1.98. The largest absolute Gasteiger partial charge is 0.303 e. The molecule has 1 atom stereocenters. The molecule has 0 N–H and O–H groups in total. The predicted molar refractivity (Wildman–Crippen MR) is 55.0 cm³/mol. The monoisotopic (exact) mass is 176 g/mol. The highest BCUT2D eigenvalue weighted by Crippen LogP contribution is 2.23. The Labute approximate surface area is 79.8 Å². The van der Waals surface area contributed by atoms with Gasteiger partial charge in [-0.1, -0.05) is 25.1 Å². The summed E-state index contributed by atoms with van der Waals surface area (Å²) in [5.41, 5.74) is 3.92. The van der Waals surface area contributed by atoms with Gasteiger partial charge in [-0.3, -0.25) is 0 Å². The molecule has 70 valence electrons. The molecule has 1 rings (SSSR count). The van der Waals surface area contributed by atoms with Crippen molar-refractivity contribution in [1.29, 1.82) is 0 Å². The lowest BCUT2D eigenvalue weighted by Gasteiger charge is -2.13.